The van der Waals surface area contributed by atoms with Crippen molar-refractivity contribution in [1.29, 1.82) is 0 Å². The molecular formula is C34H38O6. The van der Waals surface area contributed by atoms with Crippen molar-refractivity contribution in [1.82, 2.24) is 0 Å². The molecule has 0 saturated heterocycles. The van der Waals surface area contributed by atoms with Crippen LogP contribution in [0, 0.1) is 0 Å². The molecule has 0 fully saturated rings. The van der Waals surface area contributed by atoms with Crippen LogP contribution in [0.25, 0.3) is 0 Å². The van der Waals surface area contributed by atoms with Crippen LogP contribution in [0.15, 0.2) is 121 Å². The van der Waals surface area contributed by atoms with E-state index < -0.39 is 24.4 Å². The molecule has 0 aliphatic carbocycles. The van der Waals surface area contributed by atoms with E-state index in [1.807, 2.05) is 121 Å². The Labute approximate surface area is 236 Å². The Bertz CT molecular complexity index is 1090. The zero-order valence-corrected chi connectivity index (χ0v) is 22.6. The van der Waals surface area contributed by atoms with E-state index in [-0.39, 0.29) is 26.4 Å². The first-order valence-corrected chi connectivity index (χ1v) is 13.6. The summed E-state index contributed by atoms with van der Waals surface area (Å²) in [5.41, 5.74) is 3.94. The molecule has 40 heavy (non-hydrogen) atoms. The molecule has 4 aromatic carbocycles. The third kappa shape index (κ3) is 9.99. The molecule has 0 aromatic heterocycles. The summed E-state index contributed by atoms with van der Waals surface area (Å²) >= 11 is 0. The Hall–Kier alpha value is -3.36. The minimum Gasteiger partial charge on any atom is -0.388 e. The molecule has 0 amide bonds. The highest BCUT2D eigenvalue weighted by Crippen LogP contribution is 2.17. The van der Waals surface area contributed by atoms with Gasteiger partial charge in [-0.1, -0.05) is 121 Å². The number of aliphatic hydroxyl groups excluding tert-OH is 2. The van der Waals surface area contributed by atoms with Crippen molar-refractivity contribution in [3.8, 4) is 0 Å². The van der Waals surface area contributed by atoms with Crippen LogP contribution >= 0.6 is 0 Å². The summed E-state index contributed by atoms with van der Waals surface area (Å²) in [5, 5.41) is 22.7. The average molecular weight is 543 g/mol. The summed E-state index contributed by atoms with van der Waals surface area (Å²) in [5.74, 6) is 0. The van der Waals surface area contributed by atoms with Crippen molar-refractivity contribution in [3.63, 3.8) is 0 Å². The molecule has 6 nitrogen and oxygen atoms in total. The van der Waals surface area contributed by atoms with Gasteiger partial charge < -0.3 is 29.2 Å². The normalized spacial score (nSPS) is 14.3. The molecule has 210 valence electrons. The van der Waals surface area contributed by atoms with Crippen LogP contribution in [0.3, 0.4) is 0 Å². The first-order chi connectivity index (χ1) is 19.7. The number of rotatable bonds is 17. The number of aliphatic hydroxyl groups is 2. The van der Waals surface area contributed by atoms with E-state index >= 15 is 0 Å². The lowest BCUT2D eigenvalue weighted by Crippen LogP contribution is -2.49. The van der Waals surface area contributed by atoms with Crippen LogP contribution in [0.2, 0.25) is 0 Å². The van der Waals surface area contributed by atoms with Gasteiger partial charge in [-0.25, -0.2) is 0 Å². The van der Waals surface area contributed by atoms with Gasteiger partial charge in [-0.15, -0.1) is 0 Å². The second-order valence-corrected chi connectivity index (χ2v) is 9.65. The third-order valence-electron chi connectivity index (χ3n) is 6.51. The Morgan fingerprint density at radius 3 is 0.975 bits per heavy atom. The van der Waals surface area contributed by atoms with Crippen LogP contribution in [0.1, 0.15) is 22.3 Å². The number of benzene rings is 4. The van der Waals surface area contributed by atoms with Crippen molar-refractivity contribution >= 4 is 0 Å². The van der Waals surface area contributed by atoms with Crippen molar-refractivity contribution in [2.45, 2.75) is 50.8 Å². The molecule has 2 N–H and O–H groups in total. The summed E-state index contributed by atoms with van der Waals surface area (Å²) < 4.78 is 24.1. The Kier molecular flexibility index (Phi) is 12.3. The average Bonchev–Trinajstić information content (AvgIpc) is 3.02. The van der Waals surface area contributed by atoms with E-state index in [1.54, 1.807) is 0 Å². The Morgan fingerprint density at radius 1 is 0.400 bits per heavy atom. The predicted molar refractivity (Wildman–Crippen MR) is 154 cm³/mol. The zero-order chi connectivity index (χ0) is 27.8. The monoisotopic (exact) mass is 542 g/mol. The summed E-state index contributed by atoms with van der Waals surface area (Å²) in [6.07, 6.45) is -4.15. The highest BCUT2D eigenvalue weighted by Gasteiger charge is 2.34. The van der Waals surface area contributed by atoms with Crippen molar-refractivity contribution < 1.29 is 29.2 Å². The van der Waals surface area contributed by atoms with Gasteiger partial charge in [-0.3, -0.25) is 0 Å². The molecule has 0 aliphatic rings. The topological polar surface area (TPSA) is 77.4 Å². The van der Waals surface area contributed by atoms with Crippen molar-refractivity contribution in [2.24, 2.45) is 0 Å². The SMILES string of the molecule is O[C@@H]([C@H](O)[C@H](COCc1ccccc1)OCc1ccccc1)[C@H](COCc1ccccc1)OCc1ccccc1. The van der Waals surface area contributed by atoms with E-state index in [0.29, 0.717) is 13.2 Å². The smallest absolute Gasteiger partial charge is 0.111 e. The van der Waals surface area contributed by atoms with E-state index in [1.165, 1.54) is 0 Å². The molecule has 4 rings (SSSR count). The van der Waals surface area contributed by atoms with Gasteiger partial charge in [0.05, 0.1) is 39.6 Å². The van der Waals surface area contributed by atoms with Gasteiger partial charge in [-0.05, 0) is 22.3 Å². The standard InChI is InChI=1S/C34H38O6/c35-33(31(39-23-29-17-9-3-10-18-29)25-37-21-27-13-5-1-6-14-27)34(36)32(40-24-30-19-11-4-12-20-30)26-38-22-28-15-7-2-8-16-28/h1-20,31-36H,21-26H2/t31-,32-,33+,34+/m0/s1. The lowest BCUT2D eigenvalue weighted by atomic mass is 10.0. The quantitative estimate of drug-likeness (QED) is 0.188. The van der Waals surface area contributed by atoms with E-state index in [2.05, 4.69) is 0 Å². The molecule has 0 heterocycles. The lowest BCUT2D eigenvalue weighted by molar-refractivity contribution is -0.170. The maximum atomic E-state index is 11.3. The molecule has 4 atom stereocenters. The first kappa shape index (κ1) is 29.6. The minimum atomic E-state index is -1.28. The van der Waals surface area contributed by atoms with E-state index in [9.17, 15) is 10.2 Å². The second-order valence-electron chi connectivity index (χ2n) is 9.65. The summed E-state index contributed by atoms with van der Waals surface area (Å²) in [6.45, 7) is 1.45. The van der Waals surface area contributed by atoms with E-state index in [4.69, 9.17) is 18.9 Å². The van der Waals surface area contributed by atoms with Crippen LogP contribution < -0.4 is 0 Å². The highest BCUT2D eigenvalue weighted by molar-refractivity contribution is 5.15. The molecule has 6 heteroatoms. The van der Waals surface area contributed by atoms with Gasteiger partial charge in [-0.2, -0.15) is 0 Å². The minimum absolute atomic E-state index is 0.0935. The second kappa shape index (κ2) is 16.7. The molecule has 0 unspecified atom stereocenters. The number of hydrogen-bond acceptors (Lipinski definition) is 6. The predicted octanol–water partition coefficient (Wildman–Crippen LogP) is 5.31. The Morgan fingerprint density at radius 2 is 0.675 bits per heavy atom. The summed E-state index contributed by atoms with van der Waals surface area (Å²) in [7, 11) is 0. The molecule has 0 bridgehead atoms. The van der Waals surface area contributed by atoms with Gasteiger partial charge in [0, 0.05) is 0 Å². The highest BCUT2D eigenvalue weighted by atomic mass is 16.6. The maximum absolute atomic E-state index is 11.3. The lowest BCUT2D eigenvalue weighted by Gasteiger charge is -2.32. The first-order valence-electron chi connectivity index (χ1n) is 13.6. The summed E-state index contributed by atoms with van der Waals surface area (Å²) in [4.78, 5) is 0. The fourth-order valence-corrected chi connectivity index (χ4v) is 4.22. The van der Waals surface area contributed by atoms with Crippen LogP contribution in [-0.2, 0) is 45.4 Å². The molecule has 0 saturated carbocycles. The van der Waals surface area contributed by atoms with Crippen molar-refractivity contribution in [3.05, 3.63) is 144 Å². The number of hydrogen-bond donors (Lipinski definition) is 2. The molecule has 0 aliphatic heterocycles. The zero-order valence-electron chi connectivity index (χ0n) is 22.6. The molecule has 4 aromatic rings. The largest absolute Gasteiger partial charge is 0.388 e. The fourth-order valence-electron chi connectivity index (χ4n) is 4.22. The fraction of sp³-hybridized carbons (Fsp3) is 0.294. The molecular weight excluding hydrogens is 504 g/mol. The van der Waals surface area contributed by atoms with Gasteiger partial charge >= 0.3 is 0 Å². The van der Waals surface area contributed by atoms with Gasteiger partial charge in [0.15, 0.2) is 0 Å². The van der Waals surface area contributed by atoms with Crippen LogP contribution in [0.5, 0.6) is 0 Å². The molecule has 0 radical (unpaired) electrons. The third-order valence-corrected chi connectivity index (χ3v) is 6.51. The number of ether oxygens (including phenoxy) is 4. The van der Waals surface area contributed by atoms with Crippen LogP contribution in [-0.4, -0.2) is 47.8 Å². The molecule has 0 spiro atoms. The van der Waals surface area contributed by atoms with Crippen LogP contribution in [0.4, 0.5) is 0 Å². The summed E-state index contributed by atoms with van der Waals surface area (Å²) in [6, 6.07) is 39.0. The maximum Gasteiger partial charge on any atom is 0.111 e. The van der Waals surface area contributed by atoms with E-state index in [0.717, 1.165) is 22.3 Å². The van der Waals surface area contributed by atoms with Crippen molar-refractivity contribution in [2.75, 3.05) is 13.2 Å². The van der Waals surface area contributed by atoms with Gasteiger partial charge in [0.1, 0.15) is 24.4 Å². The van der Waals surface area contributed by atoms with Gasteiger partial charge in [0.25, 0.3) is 0 Å². The van der Waals surface area contributed by atoms with Gasteiger partial charge in [0.2, 0.25) is 0 Å². The Balaban J connectivity index is 1.42.